The van der Waals surface area contributed by atoms with Crippen molar-refractivity contribution < 1.29 is 14.4 Å². The van der Waals surface area contributed by atoms with Gasteiger partial charge in [0, 0.05) is 38.3 Å². The van der Waals surface area contributed by atoms with Crippen LogP contribution in [-0.4, -0.2) is 48.9 Å². The van der Waals surface area contributed by atoms with Crippen LogP contribution >= 0.6 is 0 Å². The van der Waals surface area contributed by atoms with Crippen LogP contribution in [0.4, 0.5) is 10.5 Å². The van der Waals surface area contributed by atoms with Crippen LogP contribution in [-0.2, 0) is 16.0 Å². The van der Waals surface area contributed by atoms with Crippen molar-refractivity contribution >= 4 is 23.5 Å². The fourth-order valence-corrected chi connectivity index (χ4v) is 2.46. The second kappa shape index (κ2) is 8.90. The number of carbonyl (C=O) groups is 3. The smallest absolute Gasteiger partial charge is 0.317 e. The number of nitrogens with one attached hydrogen (secondary N) is 3. The van der Waals surface area contributed by atoms with Gasteiger partial charge in [0.15, 0.2) is 0 Å². The highest BCUT2D eigenvalue weighted by atomic mass is 16.2. The molecule has 0 atom stereocenters. The Kier molecular flexibility index (Phi) is 6.60. The van der Waals surface area contributed by atoms with E-state index < -0.39 is 0 Å². The molecule has 0 saturated carbocycles. The second-order valence-corrected chi connectivity index (χ2v) is 5.74. The van der Waals surface area contributed by atoms with Crippen molar-refractivity contribution in [2.24, 2.45) is 0 Å². The van der Waals surface area contributed by atoms with Crippen LogP contribution in [0.15, 0.2) is 24.3 Å². The number of anilines is 1. The van der Waals surface area contributed by atoms with Crippen molar-refractivity contribution in [2.45, 2.75) is 26.2 Å². The molecular formula is C17H24N4O3. The summed E-state index contributed by atoms with van der Waals surface area (Å²) in [6.07, 6.45) is 1.58. The van der Waals surface area contributed by atoms with E-state index >= 15 is 0 Å². The molecule has 1 fully saturated rings. The lowest BCUT2D eigenvalue weighted by molar-refractivity contribution is -0.120. The average Bonchev–Trinajstić information content (AvgIpc) is 2.95. The second-order valence-electron chi connectivity index (χ2n) is 5.74. The molecule has 24 heavy (non-hydrogen) atoms. The Morgan fingerprint density at radius 3 is 2.58 bits per heavy atom. The first-order valence-corrected chi connectivity index (χ1v) is 8.26. The Morgan fingerprint density at radius 2 is 1.96 bits per heavy atom. The molecule has 1 saturated heterocycles. The van der Waals surface area contributed by atoms with E-state index in [1.165, 1.54) is 0 Å². The Bertz CT molecular complexity index is 586. The summed E-state index contributed by atoms with van der Waals surface area (Å²) in [5.41, 5.74) is 1.61. The fourth-order valence-electron chi connectivity index (χ4n) is 2.46. The largest absolute Gasteiger partial charge is 0.354 e. The molecule has 0 bridgehead atoms. The van der Waals surface area contributed by atoms with Gasteiger partial charge in [-0.3, -0.25) is 9.59 Å². The Morgan fingerprint density at radius 1 is 1.21 bits per heavy atom. The highest BCUT2D eigenvalue weighted by Gasteiger charge is 2.18. The summed E-state index contributed by atoms with van der Waals surface area (Å²) in [6.45, 7) is 4.25. The number of carbonyl (C=O) groups excluding carboxylic acids is 3. The average molecular weight is 332 g/mol. The zero-order chi connectivity index (χ0) is 17.4. The molecule has 4 amide bonds. The number of nitrogens with zero attached hydrogens (tertiary/aromatic N) is 1. The first-order chi connectivity index (χ1) is 11.6. The van der Waals surface area contributed by atoms with Crippen LogP contribution in [0.5, 0.6) is 0 Å². The van der Waals surface area contributed by atoms with Crippen LogP contribution in [0.1, 0.15) is 25.3 Å². The Labute approximate surface area is 141 Å². The highest BCUT2D eigenvalue weighted by molar-refractivity contribution is 5.90. The maximum Gasteiger partial charge on any atom is 0.317 e. The number of hydrogen-bond donors (Lipinski definition) is 3. The summed E-state index contributed by atoms with van der Waals surface area (Å²) >= 11 is 0. The van der Waals surface area contributed by atoms with Crippen LogP contribution in [0.2, 0.25) is 0 Å². The van der Waals surface area contributed by atoms with Crippen molar-refractivity contribution in [3.05, 3.63) is 29.8 Å². The van der Waals surface area contributed by atoms with Gasteiger partial charge in [-0.15, -0.1) is 0 Å². The van der Waals surface area contributed by atoms with Gasteiger partial charge < -0.3 is 20.9 Å². The van der Waals surface area contributed by atoms with E-state index in [4.69, 9.17) is 0 Å². The van der Waals surface area contributed by atoms with Crippen molar-refractivity contribution in [3.8, 4) is 0 Å². The summed E-state index contributed by atoms with van der Waals surface area (Å²) in [5, 5.41) is 8.34. The normalized spacial score (nSPS) is 13.5. The van der Waals surface area contributed by atoms with Crippen molar-refractivity contribution in [1.29, 1.82) is 0 Å². The standard InChI is InChI=1S/C17H24N4O3/c1-2-3-15(22)20-14-6-4-13(5-7-14)12-16(23)18-8-10-21-11-9-19-17(21)24/h4-7H,2-3,8-12H2,1H3,(H,18,23)(H,19,24)(H,20,22). The molecule has 3 N–H and O–H groups in total. The predicted molar refractivity (Wildman–Crippen MR) is 91.7 cm³/mol. The van der Waals surface area contributed by atoms with E-state index in [1.54, 1.807) is 17.0 Å². The minimum Gasteiger partial charge on any atom is -0.354 e. The van der Waals surface area contributed by atoms with Gasteiger partial charge in [-0.05, 0) is 24.1 Å². The van der Waals surface area contributed by atoms with Gasteiger partial charge in [-0.1, -0.05) is 19.1 Å². The zero-order valence-electron chi connectivity index (χ0n) is 13.9. The number of hydrogen-bond acceptors (Lipinski definition) is 3. The lowest BCUT2D eigenvalue weighted by Crippen LogP contribution is -2.37. The quantitative estimate of drug-likeness (QED) is 0.666. The molecule has 1 aliphatic heterocycles. The van der Waals surface area contributed by atoms with Gasteiger partial charge >= 0.3 is 6.03 Å². The van der Waals surface area contributed by atoms with E-state index in [0.29, 0.717) is 32.6 Å². The van der Waals surface area contributed by atoms with Gasteiger partial charge in [0.25, 0.3) is 0 Å². The molecule has 0 radical (unpaired) electrons. The number of amides is 4. The zero-order valence-corrected chi connectivity index (χ0v) is 13.9. The fraction of sp³-hybridized carbons (Fsp3) is 0.471. The van der Waals surface area contributed by atoms with Crippen molar-refractivity contribution in [1.82, 2.24) is 15.5 Å². The van der Waals surface area contributed by atoms with Gasteiger partial charge in [0.1, 0.15) is 0 Å². The molecule has 0 unspecified atom stereocenters. The first kappa shape index (κ1) is 17.8. The summed E-state index contributed by atoms with van der Waals surface area (Å²) < 4.78 is 0. The van der Waals surface area contributed by atoms with E-state index in [2.05, 4.69) is 16.0 Å². The molecule has 7 heteroatoms. The third-order valence-corrected chi connectivity index (χ3v) is 3.73. The van der Waals surface area contributed by atoms with Gasteiger partial charge in [0.2, 0.25) is 11.8 Å². The minimum absolute atomic E-state index is 0.00561. The number of rotatable bonds is 8. The van der Waals surface area contributed by atoms with Crippen molar-refractivity contribution in [3.63, 3.8) is 0 Å². The minimum atomic E-state index is -0.0858. The molecule has 130 valence electrons. The summed E-state index contributed by atoms with van der Waals surface area (Å²) in [5.74, 6) is -0.0914. The van der Waals surface area contributed by atoms with Gasteiger partial charge in [0.05, 0.1) is 6.42 Å². The van der Waals surface area contributed by atoms with Crippen LogP contribution < -0.4 is 16.0 Å². The summed E-state index contributed by atoms with van der Waals surface area (Å²) in [4.78, 5) is 36.5. The third-order valence-electron chi connectivity index (χ3n) is 3.73. The maximum atomic E-state index is 11.9. The molecule has 2 rings (SSSR count). The first-order valence-electron chi connectivity index (χ1n) is 8.26. The van der Waals surface area contributed by atoms with Crippen LogP contribution in [0, 0.1) is 0 Å². The van der Waals surface area contributed by atoms with E-state index in [9.17, 15) is 14.4 Å². The van der Waals surface area contributed by atoms with E-state index in [-0.39, 0.29) is 24.3 Å². The molecule has 1 heterocycles. The number of urea groups is 1. The Balaban J connectivity index is 1.71. The lowest BCUT2D eigenvalue weighted by atomic mass is 10.1. The molecular weight excluding hydrogens is 308 g/mol. The van der Waals surface area contributed by atoms with Gasteiger partial charge in [-0.25, -0.2) is 4.79 Å². The van der Waals surface area contributed by atoms with Gasteiger partial charge in [-0.2, -0.15) is 0 Å². The van der Waals surface area contributed by atoms with Crippen LogP contribution in [0.25, 0.3) is 0 Å². The highest BCUT2D eigenvalue weighted by Crippen LogP contribution is 2.10. The topological polar surface area (TPSA) is 90.5 Å². The maximum absolute atomic E-state index is 11.9. The summed E-state index contributed by atoms with van der Waals surface area (Å²) in [6, 6.07) is 7.17. The lowest BCUT2D eigenvalue weighted by Gasteiger charge is -2.14. The molecule has 1 aliphatic rings. The monoisotopic (exact) mass is 332 g/mol. The molecule has 0 aromatic heterocycles. The molecule has 7 nitrogen and oxygen atoms in total. The SMILES string of the molecule is CCCC(=O)Nc1ccc(CC(=O)NCCN2CCNC2=O)cc1. The third kappa shape index (κ3) is 5.57. The Hall–Kier alpha value is -2.57. The summed E-state index contributed by atoms with van der Waals surface area (Å²) in [7, 11) is 0. The molecule has 0 spiro atoms. The molecule has 0 aliphatic carbocycles. The predicted octanol–water partition coefficient (Wildman–Crippen LogP) is 1.11. The van der Waals surface area contributed by atoms with Crippen molar-refractivity contribution in [2.75, 3.05) is 31.5 Å². The number of benzene rings is 1. The van der Waals surface area contributed by atoms with E-state index in [0.717, 1.165) is 17.7 Å². The van der Waals surface area contributed by atoms with E-state index in [1.807, 2.05) is 19.1 Å². The molecule has 1 aromatic rings. The molecule has 1 aromatic carbocycles. The van der Waals surface area contributed by atoms with Crippen LogP contribution in [0.3, 0.4) is 0 Å².